The Kier molecular flexibility index (Phi) is 5.68. The molecule has 6 heteroatoms. The van der Waals surface area contributed by atoms with E-state index in [1.807, 2.05) is 28.6 Å². The van der Waals surface area contributed by atoms with Crippen molar-refractivity contribution in [1.29, 1.82) is 0 Å². The van der Waals surface area contributed by atoms with Crippen LogP contribution in [0.25, 0.3) is 10.7 Å². The lowest BCUT2D eigenvalue weighted by Gasteiger charge is -2.32. The predicted molar refractivity (Wildman–Crippen MR) is 96.1 cm³/mol. The number of nitrogens with zero attached hydrogens (tertiary/aromatic N) is 3. The molecular weight excluding hydrogens is 322 g/mol. The number of aromatic nitrogens is 2. The second kappa shape index (κ2) is 7.94. The van der Waals surface area contributed by atoms with Gasteiger partial charge >= 0.3 is 0 Å². The monoisotopic (exact) mass is 347 g/mol. The summed E-state index contributed by atoms with van der Waals surface area (Å²) < 4.78 is 7.98. The molecule has 0 spiro atoms. The molecule has 0 saturated carbocycles. The summed E-state index contributed by atoms with van der Waals surface area (Å²) in [4.78, 5) is 20.6. The average Bonchev–Trinajstić information content (AvgIpc) is 3.22. The number of hydrogen-bond acceptors (Lipinski definition) is 4. The fraction of sp³-hybridized carbons (Fsp3) is 0.556. The molecule has 0 unspecified atom stereocenters. The summed E-state index contributed by atoms with van der Waals surface area (Å²) in [5, 5.41) is 0. The molecule has 2 aromatic heterocycles. The SMILES string of the molecule is CCCCc1ccc(-c2nccn2C[C@@H]2CN(C(C)=O)CCO2)s1. The minimum atomic E-state index is 0.0233. The van der Waals surface area contributed by atoms with Gasteiger partial charge in [0.25, 0.3) is 0 Å². The van der Waals surface area contributed by atoms with E-state index < -0.39 is 0 Å². The van der Waals surface area contributed by atoms with Crippen molar-refractivity contribution in [3.05, 3.63) is 29.4 Å². The van der Waals surface area contributed by atoms with Crippen molar-refractivity contribution in [2.24, 2.45) is 0 Å². The van der Waals surface area contributed by atoms with Crippen LogP contribution in [0.3, 0.4) is 0 Å². The molecule has 0 aromatic carbocycles. The molecule has 24 heavy (non-hydrogen) atoms. The number of rotatable bonds is 6. The van der Waals surface area contributed by atoms with Gasteiger partial charge in [0.05, 0.1) is 24.1 Å². The molecule has 0 bridgehead atoms. The van der Waals surface area contributed by atoms with E-state index in [9.17, 15) is 4.79 Å². The summed E-state index contributed by atoms with van der Waals surface area (Å²) in [6.45, 7) is 6.51. The molecule has 3 rings (SSSR count). The van der Waals surface area contributed by atoms with E-state index in [4.69, 9.17) is 4.74 Å². The van der Waals surface area contributed by atoms with Crippen LogP contribution < -0.4 is 0 Å². The average molecular weight is 347 g/mol. The van der Waals surface area contributed by atoms with E-state index in [1.165, 1.54) is 22.6 Å². The highest BCUT2D eigenvalue weighted by atomic mass is 32.1. The summed E-state index contributed by atoms with van der Waals surface area (Å²) in [5.41, 5.74) is 0. The van der Waals surface area contributed by atoms with Crippen molar-refractivity contribution in [2.75, 3.05) is 19.7 Å². The van der Waals surface area contributed by atoms with Crippen LogP contribution in [-0.4, -0.2) is 46.2 Å². The molecule has 1 aliphatic rings. The number of amides is 1. The Bertz CT molecular complexity index is 679. The summed E-state index contributed by atoms with van der Waals surface area (Å²) in [5.74, 6) is 1.11. The Morgan fingerprint density at radius 1 is 1.46 bits per heavy atom. The highest BCUT2D eigenvalue weighted by Crippen LogP contribution is 2.28. The van der Waals surface area contributed by atoms with Crippen molar-refractivity contribution in [2.45, 2.75) is 45.8 Å². The molecule has 130 valence electrons. The molecule has 1 amide bonds. The molecule has 3 heterocycles. The third-order valence-corrected chi connectivity index (χ3v) is 5.50. The molecule has 1 aliphatic heterocycles. The fourth-order valence-electron chi connectivity index (χ4n) is 3.00. The predicted octanol–water partition coefficient (Wildman–Crippen LogP) is 3.20. The van der Waals surface area contributed by atoms with E-state index in [2.05, 4.69) is 28.6 Å². The van der Waals surface area contributed by atoms with Crippen LogP contribution in [0, 0.1) is 0 Å². The zero-order chi connectivity index (χ0) is 16.9. The highest BCUT2D eigenvalue weighted by Gasteiger charge is 2.23. The summed E-state index contributed by atoms with van der Waals surface area (Å²) >= 11 is 1.82. The van der Waals surface area contributed by atoms with E-state index >= 15 is 0 Å². The lowest BCUT2D eigenvalue weighted by molar-refractivity contribution is -0.136. The largest absolute Gasteiger partial charge is 0.373 e. The zero-order valence-electron chi connectivity index (χ0n) is 14.4. The van der Waals surface area contributed by atoms with Crippen LogP contribution in [0.1, 0.15) is 31.6 Å². The minimum Gasteiger partial charge on any atom is -0.373 e. The van der Waals surface area contributed by atoms with Gasteiger partial charge in [-0.15, -0.1) is 11.3 Å². The first-order valence-electron chi connectivity index (χ1n) is 8.64. The van der Waals surface area contributed by atoms with Crippen LogP contribution in [0.4, 0.5) is 0 Å². The number of thiophene rings is 1. The highest BCUT2D eigenvalue weighted by molar-refractivity contribution is 7.15. The van der Waals surface area contributed by atoms with E-state index in [1.54, 1.807) is 6.92 Å². The van der Waals surface area contributed by atoms with Gasteiger partial charge in [-0.1, -0.05) is 13.3 Å². The standard InChI is InChI=1S/C18H25N3O2S/c1-3-4-5-16-6-7-17(24-16)18-19-8-9-21(18)13-15-12-20(14(2)22)10-11-23-15/h6-9,15H,3-5,10-13H2,1-2H3/t15-/m0/s1. The van der Waals surface area contributed by atoms with Crippen molar-refractivity contribution in [3.63, 3.8) is 0 Å². The number of carbonyl (C=O) groups excluding carboxylic acids is 1. The van der Waals surface area contributed by atoms with E-state index in [-0.39, 0.29) is 12.0 Å². The first-order valence-corrected chi connectivity index (χ1v) is 9.46. The zero-order valence-corrected chi connectivity index (χ0v) is 15.2. The third-order valence-electron chi connectivity index (χ3n) is 4.36. The normalized spacial score (nSPS) is 18.1. The van der Waals surface area contributed by atoms with Gasteiger partial charge in [-0.2, -0.15) is 0 Å². The molecule has 0 radical (unpaired) electrons. The number of imidazole rings is 1. The Hall–Kier alpha value is -1.66. The Balaban J connectivity index is 1.69. The van der Waals surface area contributed by atoms with Gasteiger partial charge in [0.15, 0.2) is 0 Å². The van der Waals surface area contributed by atoms with Gasteiger partial charge in [-0.25, -0.2) is 4.98 Å². The molecule has 5 nitrogen and oxygen atoms in total. The smallest absolute Gasteiger partial charge is 0.219 e. The van der Waals surface area contributed by atoms with Gasteiger partial charge in [-0.3, -0.25) is 4.79 Å². The number of morpholine rings is 1. The summed E-state index contributed by atoms with van der Waals surface area (Å²) in [7, 11) is 0. The summed E-state index contributed by atoms with van der Waals surface area (Å²) in [6.07, 6.45) is 7.44. The fourth-order valence-corrected chi connectivity index (χ4v) is 4.06. The molecule has 0 N–H and O–H groups in total. The minimum absolute atomic E-state index is 0.0233. The molecule has 1 atom stereocenters. The molecule has 1 saturated heterocycles. The van der Waals surface area contributed by atoms with E-state index in [0.717, 1.165) is 18.8 Å². The van der Waals surface area contributed by atoms with Crippen LogP contribution in [0.15, 0.2) is 24.5 Å². The van der Waals surface area contributed by atoms with Gasteiger partial charge < -0.3 is 14.2 Å². The van der Waals surface area contributed by atoms with Crippen molar-refractivity contribution in [1.82, 2.24) is 14.5 Å². The molecule has 2 aromatic rings. The van der Waals surface area contributed by atoms with Crippen LogP contribution in [0.5, 0.6) is 0 Å². The van der Waals surface area contributed by atoms with Crippen LogP contribution in [0.2, 0.25) is 0 Å². The first-order chi connectivity index (χ1) is 11.7. The van der Waals surface area contributed by atoms with Gasteiger partial charge in [-0.05, 0) is 25.0 Å². The maximum atomic E-state index is 11.6. The number of carbonyl (C=O) groups is 1. The number of ether oxygens (including phenoxy) is 1. The topological polar surface area (TPSA) is 47.4 Å². The number of hydrogen-bond donors (Lipinski definition) is 0. The maximum Gasteiger partial charge on any atom is 0.219 e. The van der Waals surface area contributed by atoms with Gasteiger partial charge in [0.1, 0.15) is 5.82 Å². The lowest BCUT2D eigenvalue weighted by atomic mass is 10.2. The van der Waals surface area contributed by atoms with E-state index in [0.29, 0.717) is 19.7 Å². The van der Waals surface area contributed by atoms with Crippen LogP contribution in [-0.2, 0) is 22.5 Å². The molecule has 1 fully saturated rings. The third kappa shape index (κ3) is 4.05. The summed E-state index contributed by atoms with van der Waals surface area (Å²) in [6, 6.07) is 4.38. The molecular formula is C18H25N3O2S. The maximum absolute atomic E-state index is 11.6. The quantitative estimate of drug-likeness (QED) is 0.806. The number of unbranched alkanes of at least 4 members (excludes halogenated alkanes) is 1. The number of aryl methyl sites for hydroxylation is 1. The Morgan fingerprint density at radius 3 is 3.12 bits per heavy atom. The Morgan fingerprint density at radius 2 is 2.33 bits per heavy atom. The van der Waals surface area contributed by atoms with Gasteiger partial charge in [0, 0.05) is 37.3 Å². The van der Waals surface area contributed by atoms with Crippen molar-refractivity contribution in [3.8, 4) is 10.7 Å². The van der Waals surface area contributed by atoms with Crippen molar-refractivity contribution < 1.29 is 9.53 Å². The van der Waals surface area contributed by atoms with Crippen LogP contribution >= 0.6 is 11.3 Å². The second-order valence-corrected chi connectivity index (χ2v) is 7.40. The van der Waals surface area contributed by atoms with Gasteiger partial charge in [0.2, 0.25) is 5.91 Å². The lowest BCUT2D eigenvalue weighted by Crippen LogP contribution is -2.46. The first kappa shape index (κ1) is 17.2. The van der Waals surface area contributed by atoms with Crippen molar-refractivity contribution >= 4 is 17.2 Å². The second-order valence-electron chi connectivity index (χ2n) is 6.23. The molecule has 0 aliphatic carbocycles. The Labute approximate surface area is 147 Å².